The summed E-state index contributed by atoms with van der Waals surface area (Å²) in [4.78, 5) is 11.9. The maximum atomic E-state index is 11.9. The molecular weight excluding hydrogens is 459 g/mol. The van der Waals surface area contributed by atoms with Gasteiger partial charge in [0, 0.05) is 9.50 Å². The van der Waals surface area contributed by atoms with Crippen molar-refractivity contribution >= 4 is 61.0 Å². The van der Waals surface area contributed by atoms with Crippen LogP contribution in [0.5, 0.6) is 11.5 Å². The molecular formula is C15H10Br2Cl2O3. The number of hydrogen-bond donors (Lipinski definition) is 0. The number of benzene rings is 2. The Morgan fingerprint density at radius 1 is 1.18 bits per heavy atom. The van der Waals surface area contributed by atoms with Crippen molar-refractivity contribution < 1.29 is 14.3 Å². The monoisotopic (exact) mass is 466 g/mol. The highest BCUT2D eigenvalue weighted by Gasteiger charge is 2.13. The Morgan fingerprint density at radius 3 is 2.55 bits per heavy atom. The lowest BCUT2D eigenvalue weighted by Gasteiger charge is -2.11. The summed E-state index contributed by atoms with van der Waals surface area (Å²) >= 11 is 18.5. The number of halogens is 4. The fourth-order valence-corrected chi connectivity index (χ4v) is 3.67. The Hall–Kier alpha value is -0.750. The molecule has 0 aliphatic rings. The van der Waals surface area contributed by atoms with Gasteiger partial charge >= 0.3 is 5.97 Å². The van der Waals surface area contributed by atoms with E-state index in [1.54, 1.807) is 24.3 Å². The van der Waals surface area contributed by atoms with Crippen molar-refractivity contribution in [2.45, 2.75) is 6.92 Å². The first-order valence-electron chi connectivity index (χ1n) is 6.11. The van der Waals surface area contributed by atoms with E-state index in [-0.39, 0.29) is 6.61 Å². The lowest BCUT2D eigenvalue weighted by molar-refractivity contribution is -0.136. The topological polar surface area (TPSA) is 35.5 Å². The molecule has 0 bridgehead atoms. The molecule has 0 aliphatic heterocycles. The molecule has 0 radical (unpaired) electrons. The van der Waals surface area contributed by atoms with Crippen LogP contribution in [0.25, 0.3) is 0 Å². The van der Waals surface area contributed by atoms with E-state index < -0.39 is 5.97 Å². The van der Waals surface area contributed by atoms with Gasteiger partial charge in [0.25, 0.3) is 0 Å². The summed E-state index contributed by atoms with van der Waals surface area (Å²) in [5.74, 6) is 0.297. The number of carbonyl (C=O) groups excluding carboxylic acids is 1. The summed E-state index contributed by atoms with van der Waals surface area (Å²) in [5, 5.41) is 0.829. The molecule has 2 rings (SSSR count). The highest BCUT2D eigenvalue weighted by Crippen LogP contribution is 2.32. The summed E-state index contributed by atoms with van der Waals surface area (Å²) in [6.45, 7) is 1.58. The lowest BCUT2D eigenvalue weighted by atomic mass is 10.2. The molecule has 0 fully saturated rings. The van der Waals surface area contributed by atoms with Crippen LogP contribution in [-0.4, -0.2) is 12.6 Å². The molecule has 3 nitrogen and oxygen atoms in total. The minimum atomic E-state index is -0.530. The highest BCUT2D eigenvalue weighted by molar-refractivity contribution is 9.11. The molecule has 0 aromatic heterocycles. The fraction of sp³-hybridized carbons (Fsp3) is 0.133. The van der Waals surface area contributed by atoms with Gasteiger partial charge in [-0.1, -0.05) is 39.1 Å². The molecule has 0 saturated heterocycles. The average molecular weight is 469 g/mol. The van der Waals surface area contributed by atoms with Crippen LogP contribution in [-0.2, 0) is 4.79 Å². The van der Waals surface area contributed by atoms with Crippen LogP contribution in [0.2, 0.25) is 10.0 Å². The van der Waals surface area contributed by atoms with Gasteiger partial charge in [0.05, 0.1) is 9.50 Å². The van der Waals surface area contributed by atoms with Crippen molar-refractivity contribution in [3.63, 3.8) is 0 Å². The molecule has 22 heavy (non-hydrogen) atoms. The maximum Gasteiger partial charge on any atom is 0.349 e. The highest BCUT2D eigenvalue weighted by atomic mass is 79.9. The van der Waals surface area contributed by atoms with Crippen molar-refractivity contribution in [3.05, 3.63) is 54.9 Å². The molecule has 0 aliphatic carbocycles. The summed E-state index contributed by atoms with van der Waals surface area (Å²) in [5.41, 5.74) is 0.819. The van der Waals surface area contributed by atoms with Crippen molar-refractivity contribution in [2.24, 2.45) is 0 Å². The second-order valence-electron chi connectivity index (χ2n) is 4.37. The molecule has 116 valence electrons. The number of rotatable bonds is 4. The Kier molecular flexibility index (Phi) is 6.15. The van der Waals surface area contributed by atoms with Gasteiger partial charge in [-0.25, -0.2) is 4.79 Å². The third-order valence-electron chi connectivity index (χ3n) is 2.65. The van der Waals surface area contributed by atoms with Crippen molar-refractivity contribution in [2.75, 3.05) is 6.61 Å². The summed E-state index contributed by atoms with van der Waals surface area (Å²) < 4.78 is 12.2. The standard InChI is InChI=1S/C15H10Br2Cl2O3/c1-8-4-9(16)5-11(17)15(8)22-14(20)7-21-13-3-2-10(18)6-12(13)19/h2-6H,7H2,1H3. The predicted octanol–water partition coefficient (Wildman–Crippen LogP) is 5.81. The van der Waals surface area contributed by atoms with E-state index in [9.17, 15) is 4.79 Å². The molecule has 0 unspecified atom stereocenters. The second kappa shape index (κ2) is 7.68. The van der Waals surface area contributed by atoms with Crippen molar-refractivity contribution in [3.8, 4) is 11.5 Å². The van der Waals surface area contributed by atoms with Crippen LogP contribution in [0.15, 0.2) is 39.3 Å². The molecule has 0 amide bonds. The van der Waals surface area contributed by atoms with Crippen molar-refractivity contribution in [1.29, 1.82) is 0 Å². The van der Waals surface area contributed by atoms with Crippen LogP contribution in [0.1, 0.15) is 5.56 Å². The quantitative estimate of drug-likeness (QED) is 0.419. The summed E-state index contributed by atoms with van der Waals surface area (Å²) in [7, 11) is 0. The molecule has 2 aromatic rings. The third-order valence-corrected chi connectivity index (χ3v) is 4.23. The maximum absolute atomic E-state index is 11.9. The van der Waals surface area contributed by atoms with Gasteiger partial charge in [-0.05, 0) is 58.7 Å². The Morgan fingerprint density at radius 2 is 1.91 bits per heavy atom. The first-order valence-corrected chi connectivity index (χ1v) is 8.45. The van der Waals surface area contributed by atoms with Gasteiger partial charge in [-0.2, -0.15) is 0 Å². The zero-order valence-electron chi connectivity index (χ0n) is 11.3. The van der Waals surface area contributed by atoms with Crippen LogP contribution in [0.3, 0.4) is 0 Å². The minimum Gasteiger partial charge on any atom is -0.480 e. The zero-order valence-corrected chi connectivity index (χ0v) is 16.0. The van der Waals surface area contributed by atoms with E-state index in [0.29, 0.717) is 26.0 Å². The molecule has 0 spiro atoms. The second-order valence-corrected chi connectivity index (χ2v) is 6.98. The molecule has 7 heteroatoms. The number of ether oxygens (including phenoxy) is 2. The minimum absolute atomic E-state index is 0.261. The predicted molar refractivity (Wildman–Crippen MR) is 94.2 cm³/mol. The smallest absolute Gasteiger partial charge is 0.349 e. The number of carbonyl (C=O) groups is 1. The van der Waals surface area contributed by atoms with Gasteiger partial charge in [-0.15, -0.1) is 0 Å². The first kappa shape index (κ1) is 17.6. The summed E-state index contributed by atoms with van der Waals surface area (Å²) in [6.07, 6.45) is 0. The number of hydrogen-bond acceptors (Lipinski definition) is 3. The van der Waals surface area contributed by atoms with Crippen LogP contribution in [0, 0.1) is 6.92 Å². The van der Waals surface area contributed by atoms with Gasteiger partial charge in [0.15, 0.2) is 6.61 Å². The van der Waals surface area contributed by atoms with E-state index in [0.717, 1.165) is 10.0 Å². The first-order chi connectivity index (χ1) is 10.4. The van der Waals surface area contributed by atoms with E-state index in [1.807, 2.05) is 13.0 Å². The van der Waals surface area contributed by atoms with E-state index >= 15 is 0 Å². The fourth-order valence-electron chi connectivity index (χ4n) is 1.69. The molecule has 0 N–H and O–H groups in total. The normalized spacial score (nSPS) is 10.4. The Labute approximate surface area is 154 Å². The molecule has 0 heterocycles. The van der Waals surface area contributed by atoms with Crippen LogP contribution in [0.4, 0.5) is 0 Å². The Balaban J connectivity index is 2.02. The summed E-state index contributed by atoms with van der Waals surface area (Å²) in [6, 6.07) is 8.42. The molecule has 2 aromatic carbocycles. The molecule has 0 saturated carbocycles. The number of esters is 1. The largest absolute Gasteiger partial charge is 0.480 e. The third kappa shape index (κ3) is 4.62. The van der Waals surface area contributed by atoms with Crippen molar-refractivity contribution in [1.82, 2.24) is 0 Å². The van der Waals surface area contributed by atoms with Gasteiger partial charge in [0.1, 0.15) is 11.5 Å². The number of aryl methyl sites for hydroxylation is 1. The van der Waals surface area contributed by atoms with E-state index in [2.05, 4.69) is 31.9 Å². The van der Waals surface area contributed by atoms with E-state index in [4.69, 9.17) is 32.7 Å². The van der Waals surface area contributed by atoms with E-state index in [1.165, 1.54) is 0 Å². The zero-order chi connectivity index (χ0) is 16.3. The molecule has 0 atom stereocenters. The SMILES string of the molecule is Cc1cc(Br)cc(Br)c1OC(=O)COc1ccc(Cl)cc1Cl. The average Bonchev–Trinajstić information content (AvgIpc) is 2.42. The van der Waals surface area contributed by atoms with Gasteiger partial charge in [-0.3, -0.25) is 0 Å². The van der Waals surface area contributed by atoms with Gasteiger partial charge < -0.3 is 9.47 Å². The Bertz CT molecular complexity index is 697. The van der Waals surface area contributed by atoms with Crippen LogP contribution >= 0.6 is 55.1 Å². The lowest BCUT2D eigenvalue weighted by Crippen LogP contribution is -2.18. The van der Waals surface area contributed by atoms with Gasteiger partial charge in [0.2, 0.25) is 0 Å². The van der Waals surface area contributed by atoms with Crippen LogP contribution < -0.4 is 9.47 Å².